The molecule has 0 aliphatic heterocycles. The first-order valence-corrected chi connectivity index (χ1v) is 6.41. The molecule has 0 unspecified atom stereocenters. The highest BCUT2D eigenvalue weighted by molar-refractivity contribution is 5.74. The first-order valence-electron chi connectivity index (χ1n) is 6.41. The van der Waals surface area contributed by atoms with Crippen molar-refractivity contribution in [1.29, 1.82) is 0 Å². The molecule has 2 N–H and O–H groups in total. The molecule has 106 valence electrons. The maximum absolute atomic E-state index is 11.8. The van der Waals surface area contributed by atoms with Crippen molar-refractivity contribution in [3.8, 4) is 5.69 Å². The van der Waals surface area contributed by atoms with E-state index in [-0.39, 0.29) is 5.69 Å². The molecule has 0 saturated carbocycles. The summed E-state index contributed by atoms with van der Waals surface area (Å²) in [6.45, 7) is 5.22. The number of rotatable bonds is 4. The summed E-state index contributed by atoms with van der Waals surface area (Å²) in [5, 5.41) is 9.18. The largest absolute Gasteiger partial charge is 0.481 e. The second-order valence-electron chi connectivity index (χ2n) is 5.61. The second-order valence-corrected chi connectivity index (χ2v) is 5.61. The van der Waals surface area contributed by atoms with Crippen LogP contribution in [-0.2, 0) is 11.2 Å². The molecule has 0 amide bonds. The average Bonchev–Trinajstić information content (AvgIpc) is 2.68. The number of carboxylic acid groups (broad SMARTS) is 1. The number of nitrogens with zero attached hydrogens (tertiary/aromatic N) is 1. The molecule has 2 aromatic rings. The van der Waals surface area contributed by atoms with Gasteiger partial charge in [0.1, 0.15) is 0 Å². The summed E-state index contributed by atoms with van der Waals surface area (Å²) in [6, 6.07) is 7.40. The van der Waals surface area contributed by atoms with Crippen molar-refractivity contribution in [1.82, 2.24) is 9.55 Å². The van der Waals surface area contributed by atoms with Crippen LogP contribution in [0, 0.1) is 12.3 Å². The van der Waals surface area contributed by atoms with Gasteiger partial charge < -0.3 is 10.1 Å². The van der Waals surface area contributed by atoms with Gasteiger partial charge in [-0.1, -0.05) is 12.1 Å². The van der Waals surface area contributed by atoms with E-state index in [2.05, 4.69) is 4.98 Å². The topological polar surface area (TPSA) is 75.1 Å². The highest BCUT2D eigenvalue weighted by Crippen LogP contribution is 2.23. The number of aromatic amines is 1. The van der Waals surface area contributed by atoms with Crippen LogP contribution in [0.4, 0.5) is 0 Å². The number of aromatic nitrogens is 2. The van der Waals surface area contributed by atoms with Gasteiger partial charge in [-0.2, -0.15) is 0 Å². The number of aryl methyl sites for hydroxylation is 1. The number of imidazole rings is 1. The lowest BCUT2D eigenvalue weighted by molar-refractivity contribution is -0.146. The number of H-pyrrole nitrogens is 1. The van der Waals surface area contributed by atoms with Crippen molar-refractivity contribution in [3.05, 3.63) is 52.2 Å². The summed E-state index contributed by atoms with van der Waals surface area (Å²) in [5.74, 6) is -0.835. The van der Waals surface area contributed by atoms with Gasteiger partial charge in [-0.3, -0.25) is 9.36 Å². The standard InChI is InChI=1S/C15H18N2O3/c1-10-9-16-14(20)17(10)12-6-4-5-11(7-12)8-15(2,3)13(18)19/h4-7,9H,8H2,1-3H3,(H,16,20)(H,18,19). The number of benzene rings is 1. The highest BCUT2D eigenvalue weighted by atomic mass is 16.4. The zero-order chi connectivity index (χ0) is 14.9. The van der Waals surface area contributed by atoms with E-state index in [1.54, 1.807) is 24.6 Å². The third-order valence-electron chi connectivity index (χ3n) is 3.35. The van der Waals surface area contributed by atoms with Crippen LogP contribution in [0.3, 0.4) is 0 Å². The van der Waals surface area contributed by atoms with E-state index in [9.17, 15) is 14.7 Å². The Balaban J connectivity index is 2.39. The monoisotopic (exact) mass is 274 g/mol. The Morgan fingerprint density at radius 2 is 2.10 bits per heavy atom. The second kappa shape index (κ2) is 5.00. The van der Waals surface area contributed by atoms with E-state index in [0.29, 0.717) is 6.42 Å². The van der Waals surface area contributed by atoms with E-state index in [1.165, 1.54) is 0 Å². The Kier molecular flexibility index (Phi) is 3.53. The summed E-state index contributed by atoms with van der Waals surface area (Å²) < 4.78 is 1.57. The fourth-order valence-corrected chi connectivity index (χ4v) is 2.17. The molecule has 0 saturated heterocycles. The van der Waals surface area contributed by atoms with Crippen molar-refractivity contribution in [2.24, 2.45) is 5.41 Å². The van der Waals surface area contributed by atoms with Gasteiger partial charge in [0, 0.05) is 11.9 Å². The van der Waals surface area contributed by atoms with Gasteiger partial charge in [-0.25, -0.2) is 4.79 Å². The van der Waals surface area contributed by atoms with Gasteiger partial charge in [-0.05, 0) is 44.9 Å². The van der Waals surface area contributed by atoms with Crippen molar-refractivity contribution in [3.63, 3.8) is 0 Å². The summed E-state index contributed by atoms with van der Waals surface area (Å²) >= 11 is 0. The van der Waals surface area contributed by atoms with Gasteiger partial charge in [0.05, 0.1) is 11.1 Å². The van der Waals surface area contributed by atoms with Gasteiger partial charge in [-0.15, -0.1) is 0 Å². The Morgan fingerprint density at radius 3 is 2.65 bits per heavy atom. The molecule has 2 rings (SSSR count). The maximum Gasteiger partial charge on any atom is 0.330 e. The predicted octanol–water partition coefficient (Wildman–Crippen LogP) is 2.13. The summed E-state index contributed by atoms with van der Waals surface area (Å²) in [7, 11) is 0. The number of aliphatic carboxylic acids is 1. The molecular formula is C15H18N2O3. The van der Waals surface area contributed by atoms with Crippen LogP contribution >= 0.6 is 0 Å². The number of carboxylic acids is 1. The lowest BCUT2D eigenvalue weighted by Gasteiger charge is -2.19. The molecule has 0 aliphatic carbocycles. The molecule has 5 nitrogen and oxygen atoms in total. The van der Waals surface area contributed by atoms with Gasteiger partial charge >= 0.3 is 11.7 Å². The van der Waals surface area contributed by atoms with Gasteiger partial charge in [0.2, 0.25) is 0 Å². The van der Waals surface area contributed by atoms with E-state index in [0.717, 1.165) is 16.9 Å². The molecule has 1 heterocycles. The number of hydrogen-bond acceptors (Lipinski definition) is 2. The Morgan fingerprint density at radius 1 is 1.40 bits per heavy atom. The Bertz CT molecular complexity index is 695. The minimum absolute atomic E-state index is 0.197. The lowest BCUT2D eigenvalue weighted by atomic mass is 9.86. The first kappa shape index (κ1) is 14.1. The maximum atomic E-state index is 11.8. The molecule has 0 atom stereocenters. The fraction of sp³-hybridized carbons (Fsp3) is 0.333. The minimum atomic E-state index is -0.837. The third kappa shape index (κ3) is 2.66. The van der Waals surface area contributed by atoms with E-state index < -0.39 is 11.4 Å². The zero-order valence-corrected chi connectivity index (χ0v) is 11.8. The smallest absolute Gasteiger partial charge is 0.330 e. The molecule has 0 spiro atoms. The van der Waals surface area contributed by atoms with Crippen molar-refractivity contribution in [2.45, 2.75) is 27.2 Å². The van der Waals surface area contributed by atoms with Gasteiger partial charge in [0.25, 0.3) is 0 Å². The van der Waals surface area contributed by atoms with Crippen LogP contribution < -0.4 is 5.69 Å². The molecule has 0 fully saturated rings. The van der Waals surface area contributed by atoms with Crippen molar-refractivity contribution >= 4 is 5.97 Å². The molecule has 1 aromatic heterocycles. The van der Waals surface area contributed by atoms with Crippen LogP contribution in [0.5, 0.6) is 0 Å². The summed E-state index contributed by atoms with van der Waals surface area (Å²) in [6.07, 6.45) is 2.06. The Hall–Kier alpha value is -2.30. The average molecular weight is 274 g/mol. The van der Waals surface area contributed by atoms with E-state index >= 15 is 0 Å². The van der Waals surface area contributed by atoms with E-state index in [4.69, 9.17) is 0 Å². The van der Waals surface area contributed by atoms with Crippen LogP contribution in [-0.4, -0.2) is 20.6 Å². The van der Waals surface area contributed by atoms with E-state index in [1.807, 2.05) is 31.2 Å². The quantitative estimate of drug-likeness (QED) is 0.896. The first-order chi connectivity index (χ1) is 9.31. The van der Waals surface area contributed by atoms with Crippen LogP contribution in [0.25, 0.3) is 5.69 Å². The molecule has 1 aromatic carbocycles. The zero-order valence-electron chi connectivity index (χ0n) is 11.8. The third-order valence-corrected chi connectivity index (χ3v) is 3.35. The fourth-order valence-electron chi connectivity index (χ4n) is 2.17. The molecule has 5 heteroatoms. The van der Waals surface area contributed by atoms with Crippen molar-refractivity contribution in [2.75, 3.05) is 0 Å². The predicted molar refractivity (Wildman–Crippen MR) is 76.2 cm³/mol. The lowest BCUT2D eigenvalue weighted by Crippen LogP contribution is -2.26. The normalized spacial score (nSPS) is 11.6. The molecule has 0 bridgehead atoms. The van der Waals surface area contributed by atoms with Crippen LogP contribution in [0.15, 0.2) is 35.3 Å². The Labute approximate surface area is 116 Å². The molecular weight excluding hydrogens is 256 g/mol. The summed E-state index contributed by atoms with van der Waals surface area (Å²) in [4.78, 5) is 25.6. The number of hydrogen-bond donors (Lipinski definition) is 2. The van der Waals surface area contributed by atoms with Gasteiger partial charge in [0.15, 0.2) is 0 Å². The number of carbonyl (C=O) groups is 1. The van der Waals surface area contributed by atoms with Crippen LogP contribution in [0.2, 0.25) is 0 Å². The SMILES string of the molecule is Cc1c[nH]c(=O)n1-c1cccc(CC(C)(C)C(=O)O)c1. The van der Waals surface area contributed by atoms with Crippen molar-refractivity contribution < 1.29 is 9.90 Å². The molecule has 0 aliphatic rings. The summed E-state index contributed by atoms with van der Waals surface area (Å²) in [5.41, 5.74) is 1.41. The highest BCUT2D eigenvalue weighted by Gasteiger charge is 2.27. The van der Waals surface area contributed by atoms with Crippen LogP contribution in [0.1, 0.15) is 25.1 Å². The minimum Gasteiger partial charge on any atom is -0.481 e. The molecule has 0 radical (unpaired) electrons. The number of nitrogens with one attached hydrogen (secondary N) is 1. The molecule has 20 heavy (non-hydrogen) atoms.